The minimum atomic E-state index is -1.15. The van der Waals surface area contributed by atoms with Crippen LogP contribution in [0.4, 0.5) is 8.78 Å². The third-order valence-corrected chi connectivity index (χ3v) is 5.87. The zero-order valence-electron chi connectivity index (χ0n) is 20.1. The van der Waals surface area contributed by atoms with Crippen LogP contribution in [0, 0.1) is 25.5 Å². The summed E-state index contributed by atoms with van der Waals surface area (Å²) in [7, 11) is 0. The summed E-state index contributed by atoms with van der Waals surface area (Å²) in [6.07, 6.45) is 4.80. The summed E-state index contributed by atoms with van der Waals surface area (Å²) in [5.41, 5.74) is 8.99. The van der Waals surface area contributed by atoms with Crippen LogP contribution in [0.3, 0.4) is 0 Å². The molecule has 0 unspecified atom stereocenters. The number of esters is 1. The number of benzene rings is 2. The molecule has 0 heterocycles. The molecule has 186 valence electrons. The number of hydrogen-bond acceptors (Lipinski definition) is 4. The van der Waals surface area contributed by atoms with E-state index in [1.54, 1.807) is 13.0 Å². The van der Waals surface area contributed by atoms with Crippen molar-refractivity contribution in [3.8, 4) is 16.9 Å². The summed E-state index contributed by atoms with van der Waals surface area (Å²) in [6.45, 7) is 9.87. The molecule has 2 aromatic rings. The molecular formula is C27H34ClF2NO3. The minimum absolute atomic E-state index is 0. The lowest BCUT2D eigenvalue weighted by Crippen LogP contribution is -2.21. The van der Waals surface area contributed by atoms with Crippen LogP contribution < -0.4 is 10.5 Å². The monoisotopic (exact) mass is 493 g/mol. The van der Waals surface area contributed by atoms with Crippen LogP contribution in [0.2, 0.25) is 0 Å². The van der Waals surface area contributed by atoms with Gasteiger partial charge in [-0.2, -0.15) is 0 Å². The third kappa shape index (κ3) is 6.36. The predicted octanol–water partition coefficient (Wildman–Crippen LogP) is 6.85. The first-order valence-corrected chi connectivity index (χ1v) is 11.6. The number of carbonyl (C=O) groups is 1. The quantitative estimate of drug-likeness (QED) is 0.211. The Bertz CT molecular complexity index is 1040. The van der Waals surface area contributed by atoms with Crippen molar-refractivity contribution < 1.29 is 23.0 Å². The van der Waals surface area contributed by atoms with Crippen molar-refractivity contribution in [3.05, 3.63) is 64.7 Å². The first-order chi connectivity index (χ1) is 15.8. The van der Waals surface area contributed by atoms with Gasteiger partial charge in [0.25, 0.3) is 0 Å². The fourth-order valence-electron chi connectivity index (χ4n) is 4.18. The van der Waals surface area contributed by atoms with E-state index in [9.17, 15) is 4.79 Å². The number of nitrogens with two attached hydrogens (primary N) is 1. The largest absolute Gasteiger partial charge is 0.493 e. The van der Waals surface area contributed by atoms with Crippen LogP contribution in [0.5, 0.6) is 5.75 Å². The van der Waals surface area contributed by atoms with Gasteiger partial charge in [-0.15, -0.1) is 19.0 Å². The normalized spacial score (nSPS) is 13.7. The lowest BCUT2D eigenvalue weighted by molar-refractivity contribution is -0.143. The van der Waals surface area contributed by atoms with Crippen LogP contribution in [0.25, 0.3) is 11.1 Å². The molecule has 1 saturated carbocycles. The maximum absolute atomic E-state index is 15.9. The fourth-order valence-corrected chi connectivity index (χ4v) is 4.18. The van der Waals surface area contributed by atoms with Gasteiger partial charge in [0.2, 0.25) is 0 Å². The summed E-state index contributed by atoms with van der Waals surface area (Å²) < 4.78 is 42.4. The van der Waals surface area contributed by atoms with Crippen molar-refractivity contribution in [2.45, 2.75) is 64.8 Å². The molecule has 1 fully saturated rings. The standard InChI is InChI=1S/C27H33F2NO3.ClH/c1-5-7-8-11-33-22-13-16(3)12-17(4)24(22)20-14-19(18-9-10-18)26(28)25(27(20)29)21(30)15-23(31)32-6-2;/h5,12-14,18,21H,1,6-11,15,30H2,2-4H3;1H/t21-;/m0./s1. The zero-order chi connectivity index (χ0) is 24.1. The predicted molar refractivity (Wildman–Crippen MR) is 134 cm³/mol. The van der Waals surface area contributed by atoms with Gasteiger partial charge in [-0.05, 0) is 81.2 Å². The van der Waals surface area contributed by atoms with Gasteiger partial charge in [-0.25, -0.2) is 8.78 Å². The Balaban J connectivity index is 0.00000408. The lowest BCUT2D eigenvalue weighted by Gasteiger charge is -2.21. The van der Waals surface area contributed by atoms with Crippen LogP contribution in [0.15, 0.2) is 30.9 Å². The first kappa shape index (κ1) is 27.8. The molecule has 0 radical (unpaired) electrons. The average molecular weight is 494 g/mol. The zero-order valence-corrected chi connectivity index (χ0v) is 20.9. The van der Waals surface area contributed by atoms with E-state index in [4.69, 9.17) is 15.2 Å². The molecule has 2 N–H and O–H groups in total. The summed E-state index contributed by atoms with van der Waals surface area (Å²) >= 11 is 0. The van der Waals surface area contributed by atoms with Gasteiger partial charge in [-0.1, -0.05) is 12.1 Å². The van der Waals surface area contributed by atoms with E-state index in [2.05, 4.69) is 6.58 Å². The van der Waals surface area contributed by atoms with Gasteiger partial charge < -0.3 is 15.2 Å². The second-order valence-electron chi connectivity index (χ2n) is 8.68. The van der Waals surface area contributed by atoms with Crippen molar-refractivity contribution in [1.29, 1.82) is 0 Å². The molecule has 4 nitrogen and oxygen atoms in total. The highest BCUT2D eigenvalue weighted by Crippen LogP contribution is 2.47. The molecule has 1 atom stereocenters. The van der Waals surface area contributed by atoms with Gasteiger partial charge in [0.05, 0.1) is 19.6 Å². The summed E-state index contributed by atoms with van der Waals surface area (Å²) in [6, 6.07) is 4.26. The number of ether oxygens (including phenoxy) is 2. The topological polar surface area (TPSA) is 61.5 Å². The Labute approximate surface area is 206 Å². The number of carbonyl (C=O) groups excluding carboxylic acids is 1. The number of hydrogen-bond donors (Lipinski definition) is 1. The molecule has 3 rings (SSSR count). The second kappa shape index (κ2) is 12.3. The van der Waals surface area contributed by atoms with Crippen LogP contribution in [-0.2, 0) is 9.53 Å². The molecule has 7 heteroatoms. The average Bonchev–Trinajstić information content (AvgIpc) is 3.57. The van der Waals surface area contributed by atoms with E-state index in [0.717, 1.165) is 36.8 Å². The second-order valence-corrected chi connectivity index (χ2v) is 8.68. The molecule has 34 heavy (non-hydrogen) atoms. The number of aryl methyl sites for hydroxylation is 2. The first-order valence-electron chi connectivity index (χ1n) is 11.6. The number of allylic oxidation sites excluding steroid dienone is 1. The molecule has 1 aliphatic rings. The molecule has 0 aromatic heterocycles. The number of halogens is 3. The van der Waals surface area contributed by atoms with Crippen LogP contribution in [-0.4, -0.2) is 19.2 Å². The summed E-state index contributed by atoms with van der Waals surface area (Å²) in [4.78, 5) is 12.0. The van der Waals surface area contributed by atoms with Crippen molar-refractivity contribution in [1.82, 2.24) is 0 Å². The maximum Gasteiger partial charge on any atom is 0.307 e. The number of rotatable bonds is 11. The highest BCUT2D eigenvalue weighted by atomic mass is 35.5. The van der Waals surface area contributed by atoms with Crippen molar-refractivity contribution in [3.63, 3.8) is 0 Å². The third-order valence-electron chi connectivity index (χ3n) is 5.87. The Kier molecular flexibility index (Phi) is 10.1. The number of unbranched alkanes of at least 4 members (excludes halogenated alkanes) is 1. The molecular weight excluding hydrogens is 460 g/mol. The van der Waals surface area contributed by atoms with E-state index in [-0.39, 0.29) is 42.5 Å². The molecule has 1 aliphatic carbocycles. The Morgan fingerprint density at radius 2 is 1.94 bits per heavy atom. The van der Waals surface area contributed by atoms with Gasteiger partial charge in [-0.3, -0.25) is 4.79 Å². The molecule has 0 saturated heterocycles. The van der Waals surface area contributed by atoms with E-state index >= 15 is 8.78 Å². The van der Waals surface area contributed by atoms with E-state index in [1.165, 1.54) is 0 Å². The lowest BCUT2D eigenvalue weighted by atomic mass is 9.89. The maximum atomic E-state index is 15.9. The van der Waals surface area contributed by atoms with Crippen molar-refractivity contribution in [2.75, 3.05) is 13.2 Å². The molecule has 0 spiro atoms. The molecule has 2 aromatic carbocycles. The molecule has 0 amide bonds. The fraction of sp³-hybridized carbons (Fsp3) is 0.444. The summed E-state index contributed by atoms with van der Waals surface area (Å²) in [5, 5.41) is 0. The highest BCUT2D eigenvalue weighted by Gasteiger charge is 2.33. The SMILES string of the molecule is C=CCCCOc1cc(C)cc(C)c1-c1cc(C2CC2)c(F)c([C@@H](N)CC(=O)OCC)c1F.Cl. The highest BCUT2D eigenvalue weighted by molar-refractivity contribution is 5.85. The van der Waals surface area contributed by atoms with Gasteiger partial charge in [0.1, 0.15) is 17.4 Å². The Hall–Kier alpha value is -2.44. The smallest absolute Gasteiger partial charge is 0.307 e. The van der Waals surface area contributed by atoms with Gasteiger partial charge in [0, 0.05) is 22.7 Å². The summed E-state index contributed by atoms with van der Waals surface area (Å²) in [5.74, 6) is -1.42. The molecule has 0 bridgehead atoms. The van der Waals surface area contributed by atoms with E-state index in [1.807, 2.05) is 32.1 Å². The molecule has 0 aliphatic heterocycles. The van der Waals surface area contributed by atoms with E-state index < -0.39 is 23.6 Å². The van der Waals surface area contributed by atoms with Crippen LogP contribution in [0.1, 0.15) is 73.2 Å². The Morgan fingerprint density at radius 1 is 1.24 bits per heavy atom. The van der Waals surface area contributed by atoms with Gasteiger partial charge >= 0.3 is 5.97 Å². The van der Waals surface area contributed by atoms with Gasteiger partial charge in [0.15, 0.2) is 0 Å². The van der Waals surface area contributed by atoms with Crippen molar-refractivity contribution >= 4 is 18.4 Å². The van der Waals surface area contributed by atoms with E-state index in [0.29, 0.717) is 23.5 Å². The Morgan fingerprint density at radius 3 is 2.56 bits per heavy atom. The van der Waals surface area contributed by atoms with Crippen LogP contribution >= 0.6 is 12.4 Å². The minimum Gasteiger partial charge on any atom is -0.493 e. The van der Waals surface area contributed by atoms with Crippen molar-refractivity contribution in [2.24, 2.45) is 5.73 Å².